The first-order chi connectivity index (χ1) is 6.68. The molecule has 76 valence electrons. The van der Waals surface area contributed by atoms with Crippen LogP contribution in [0.4, 0.5) is 0 Å². The molecule has 1 aromatic rings. The van der Waals surface area contributed by atoms with Crippen molar-refractivity contribution in [3.8, 4) is 0 Å². The van der Waals surface area contributed by atoms with Crippen molar-refractivity contribution in [1.82, 2.24) is 4.90 Å². The zero-order chi connectivity index (χ0) is 10.4. The first-order valence-electron chi connectivity index (χ1n) is 5.06. The van der Waals surface area contributed by atoms with Gasteiger partial charge in [-0.3, -0.25) is 0 Å². The van der Waals surface area contributed by atoms with Crippen LogP contribution < -0.4 is 0 Å². The Morgan fingerprint density at radius 1 is 1.21 bits per heavy atom. The third kappa shape index (κ3) is 4.24. The first-order valence-corrected chi connectivity index (χ1v) is 5.06. The highest BCUT2D eigenvalue weighted by atomic mass is 15.0. The Labute approximate surface area is 87.1 Å². The maximum absolute atomic E-state index is 2.26. The summed E-state index contributed by atoms with van der Waals surface area (Å²) in [5.41, 5.74) is 1.28. The molecule has 0 aliphatic heterocycles. The molecule has 1 atom stereocenters. The molecule has 1 aromatic carbocycles. The largest absolute Gasteiger partial charge is 0.309 e. The van der Waals surface area contributed by atoms with Crippen LogP contribution in [-0.4, -0.2) is 25.5 Å². The molecule has 0 N–H and O–H groups in total. The summed E-state index contributed by atoms with van der Waals surface area (Å²) in [5.74, 6) is 0.602. The van der Waals surface area contributed by atoms with Gasteiger partial charge in [-0.1, -0.05) is 49.4 Å². The fraction of sp³-hybridized carbons (Fsp3) is 0.385. The molecule has 0 aliphatic carbocycles. The zero-order valence-electron chi connectivity index (χ0n) is 9.27. The molecule has 0 radical (unpaired) electrons. The second kappa shape index (κ2) is 5.61. The van der Waals surface area contributed by atoms with Gasteiger partial charge in [0.25, 0.3) is 0 Å². The second-order valence-electron chi connectivity index (χ2n) is 4.01. The van der Waals surface area contributed by atoms with E-state index in [2.05, 4.69) is 62.3 Å². The summed E-state index contributed by atoms with van der Waals surface area (Å²) in [7, 11) is 4.21. The Bertz CT molecular complexity index is 275. The van der Waals surface area contributed by atoms with Gasteiger partial charge < -0.3 is 4.90 Å². The molecule has 1 nitrogen and oxygen atoms in total. The predicted molar refractivity (Wildman–Crippen MR) is 63.2 cm³/mol. The van der Waals surface area contributed by atoms with Crippen molar-refractivity contribution in [3.05, 3.63) is 42.0 Å². The van der Waals surface area contributed by atoms with Crippen molar-refractivity contribution < 1.29 is 0 Å². The molecule has 0 aromatic heterocycles. The number of nitrogens with zero attached hydrogens (tertiary/aromatic N) is 1. The molecular weight excluding hydrogens is 170 g/mol. The van der Waals surface area contributed by atoms with Crippen LogP contribution in [0.5, 0.6) is 0 Å². The van der Waals surface area contributed by atoms with E-state index in [-0.39, 0.29) is 0 Å². The minimum absolute atomic E-state index is 0.602. The zero-order valence-corrected chi connectivity index (χ0v) is 9.27. The summed E-state index contributed by atoms with van der Waals surface area (Å²) in [6.45, 7) is 3.34. The standard InChI is InChI=1S/C13H19N/c1-12(11-14(2)3)9-10-13-7-5-4-6-8-13/h4-10,12H,11H2,1-3H3. The van der Waals surface area contributed by atoms with Crippen molar-refractivity contribution in [2.45, 2.75) is 6.92 Å². The normalized spacial score (nSPS) is 13.7. The summed E-state index contributed by atoms with van der Waals surface area (Å²) in [6, 6.07) is 10.4. The van der Waals surface area contributed by atoms with Crippen LogP contribution in [0.25, 0.3) is 6.08 Å². The average Bonchev–Trinajstić information content (AvgIpc) is 2.15. The van der Waals surface area contributed by atoms with Crippen LogP contribution in [0.3, 0.4) is 0 Å². The second-order valence-corrected chi connectivity index (χ2v) is 4.01. The van der Waals surface area contributed by atoms with E-state index in [0.29, 0.717) is 5.92 Å². The maximum atomic E-state index is 2.26. The van der Waals surface area contributed by atoms with Gasteiger partial charge in [-0.15, -0.1) is 0 Å². The summed E-state index contributed by atoms with van der Waals surface area (Å²) < 4.78 is 0. The van der Waals surface area contributed by atoms with Gasteiger partial charge >= 0.3 is 0 Å². The van der Waals surface area contributed by atoms with Crippen molar-refractivity contribution in [1.29, 1.82) is 0 Å². The quantitative estimate of drug-likeness (QED) is 0.704. The molecule has 0 heterocycles. The molecule has 0 aliphatic rings. The summed E-state index contributed by atoms with van der Waals surface area (Å²) in [5, 5.41) is 0. The van der Waals surface area contributed by atoms with Gasteiger partial charge in [0.1, 0.15) is 0 Å². The third-order valence-corrected chi connectivity index (χ3v) is 2.07. The van der Waals surface area contributed by atoms with Gasteiger partial charge in [0.2, 0.25) is 0 Å². The topological polar surface area (TPSA) is 3.24 Å². The highest BCUT2D eigenvalue weighted by Gasteiger charge is 1.97. The monoisotopic (exact) mass is 189 g/mol. The van der Waals surface area contributed by atoms with Gasteiger partial charge in [-0.05, 0) is 25.6 Å². The minimum atomic E-state index is 0.602. The molecule has 0 fully saturated rings. The molecule has 0 saturated carbocycles. The molecule has 0 bridgehead atoms. The van der Waals surface area contributed by atoms with Crippen LogP contribution in [0, 0.1) is 5.92 Å². The lowest BCUT2D eigenvalue weighted by Gasteiger charge is -2.12. The van der Waals surface area contributed by atoms with E-state index >= 15 is 0 Å². The number of hydrogen-bond donors (Lipinski definition) is 0. The SMILES string of the molecule is CC(C=Cc1ccccc1)CN(C)C. The molecular formula is C13H19N. The van der Waals surface area contributed by atoms with E-state index in [0.717, 1.165) is 6.54 Å². The lowest BCUT2D eigenvalue weighted by Crippen LogP contribution is -2.18. The number of benzene rings is 1. The third-order valence-electron chi connectivity index (χ3n) is 2.07. The Morgan fingerprint density at radius 2 is 1.86 bits per heavy atom. The van der Waals surface area contributed by atoms with Crippen LogP contribution in [0.1, 0.15) is 12.5 Å². The predicted octanol–water partition coefficient (Wildman–Crippen LogP) is 2.90. The number of rotatable bonds is 4. The number of hydrogen-bond acceptors (Lipinski definition) is 1. The highest BCUT2D eigenvalue weighted by molar-refractivity contribution is 5.48. The Balaban J connectivity index is 2.48. The van der Waals surface area contributed by atoms with Crippen LogP contribution in [0.2, 0.25) is 0 Å². The highest BCUT2D eigenvalue weighted by Crippen LogP contribution is 2.05. The van der Waals surface area contributed by atoms with E-state index in [1.165, 1.54) is 5.56 Å². The molecule has 1 heteroatoms. The van der Waals surface area contributed by atoms with Crippen LogP contribution in [0.15, 0.2) is 36.4 Å². The van der Waals surface area contributed by atoms with E-state index in [1.54, 1.807) is 0 Å². The first kappa shape index (κ1) is 11.0. The fourth-order valence-corrected chi connectivity index (χ4v) is 1.48. The molecule has 14 heavy (non-hydrogen) atoms. The van der Waals surface area contributed by atoms with Crippen molar-refractivity contribution in [2.75, 3.05) is 20.6 Å². The van der Waals surface area contributed by atoms with Gasteiger partial charge in [0.05, 0.1) is 0 Å². The fourth-order valence-electron chi connectivity index (χ4n) is 1.48. The van der Waals surface area contributed by atoms with Crippen molar-refractivity contribution >= 4 is 6.08 Å². The summed E-state index contributed by atoms with van der Waals surface area (Å²) in [4.78, 5) is 2.21. The van der Waals surface area contributed by atoms with Crippen molar-refractivity contribution in [3.63, 3.8) is 0 Å². The lowest BCUT2D eigenvalue weighted by molar-refractivity contribution is 0.371. The van der Waals surface area contributed by atoms with Crippen LogP contribution in [-0.2, 0) is 0 Å². The van der Waals surface area contributed by atoms with E-state index in [9.17, 15) is 0 Å². The molecule has 1 rings (SSSR count). The molecule has 1 unspecified atom stereocenters. The van der Waals surface area contributed by atoms with E-state index in [1.807, 2.05) is 6.07 Å². The summed E-state index contributed by atoms with van der Waals surface area (Å²) in [6.07, 6.45) is 4.45. The van der Waals surface area contributed by atoms with Gasteiger partial charge in [-0.25, -0.2) is 0 Å². The summed E-state index contributed by atoms with van der Waals surface area (Å²) >= 11 is 0. The van der Waals surface area contributed by atoms with Crippen molar-refractivity contribution in [2.24, 2.45) is 5.92 Å². The Morgan fingerprint density at radius 3 is 2.43 bits per heavy atom. The van der Waals surface area contributed by atoms with E-state index < -0.39 is 0 Å². The Kier molecular flexibility index (Phi) is 4.41. The van der Waals surface area contributed by atoms with E-state index in [4.69, 9.17) is 0 Å². The molecule has 0 spiro atoms. The van der Waals surface area contributed by atoms with Gasteiger partial charge in [-0.2, -0.15) is 0 Å². The van der Waals surface area contributed by atoms with Gasteiger partial charge in [0, 0.05) is 6.54 Å². The lowest BCUT2D eigenvalue weighted by atomic mass is 10.1. The van der Waals surface area contributed by atoms with Crippen LogP contribution >= 0.6 is 0 Å². The maximum Gasteiger partial charge on any atom is 0.00357 e. The molecule has 0 saturated heterocycles. The smallest absolute Gasteiger partial charge is 0.00357 e. The molecule has 0 amide bonds. The van der Waals surface area contributed by atoms with Gasteiger partial charge in [0.15, 0.2) is 0 Å². The minimum Gasteiger partial charge on any atom is -0.309 e. The Hall–Kier alpha value is -1.08. The average molecular weight is 189 g/mol.